The molecule has 5 nitrogen and oxygen atoms in total. The van der Waals surface area contributed by atoms with Crippen molar-refractivity contribution < 1.29 is 0 Å². The molecule has 2 heterocycles. The first-order chi connectivity index (χ1) is 7.74. The molecule has 0 aromatic carbocycles. The van der Waals surface area contributed by atoms with E-state index in [9.17, 15) is 0 Å². The van der Waals surface area contributed by atoms with E-state index in [1.165, 1.54) is 0 Å². The number of nitrogens with zero attached hydrogens (tertiary/aromatic N) is 4. The van der Waals surface area contributed by atoms with E-state index in [0.717, 1.165) is 12.2 Å². The molecule has 2 aromatic rings. The predicted molar refractivity (Wildman–Crippen MR) is 64.4 cm³/mol. The lowest BCUT2D eigenvalue weighted by atomic mass is 10.3. The normalized spacial score (nSPS) is 10.3. The molecule has 0 fully saturated rings. The average Bonchev–Trinajstić information content (AvgIpc) is 2.76. The summed E-state index contributed by atoms with van der Waals surface area (Å²) >= 11 is 4.94. The van der Waals surface area contributed by atoms with Gasteiger partial charge >= 0.3 is 0 Å². The molecule has 0 amide bonds. The molecule has 0 aliphatic carbocycles. The summed E-state index contributed by atoms with van der Waals surface area (Å²) in [4.78, 5) is 12.8. The Kier molecular flexibility index (Phi) is 2.91. The van der Waals surface area contributed by atoms with Crippen molar-refractivity contribution in [1.29, 1.82) is 0 Å². The van der Waals surface area contributed by atoms with Gasteiger partial charge in [-0.15, -0.1) is 0 Å². The minimum Gasteiger partial charge on any atom is -0.388 e. The molecule has 0 unspecified atom stereocenters. The van der Waals surface area contributed by atoms with Crippen LogP contribution in [0.2, 0.25) is 0 Å². The van der Waals surface area contributed by atoms with Crippen LogP contribution in [-0.4, -0.2) is 24.5 Å². The quantitative estimate of drug-likeness (QED) is 0.796. The highest BCUT2D eigenvalue weighted by Crippen LogP contribution is 2.11. The third-order valence-electron chi connectivity index (χ3n) is 2.17. The van der Waals surface area contributed by atoms with Crippen LogP contribution < -0.4 is 5.73 Å². The monoisotopic (exact) mass is 233 g/mol. The second-order valence-corrected chi connectivity index (χ2v) is 3.60. The maximum Gasteiger partial charge on any atom is 0.167 e. The van der Waals surface area contributed by atoms with Gasteiger partial charge in [0.15, 0.2) is 5.82 Å². The van der Waals surface area contributed by atoms with E-state index in [1.807, 2.05) is 17.7 Å². The summed E-state index contributed by atoms with van der Waals surface area (Å²) in [5.41, 5.74) is 6.13. The summed E-state index contributed by atoms with van der Waals surface area (Å²) in [5, 5.41) is 0. The SMILES string of the molecule is CCc1nccn1-c1nccnc1C(N)=S. The number of imidazole rings is 1. The van der Waals surface area contributed by atoms with E-state index < -0.39 is 0 Å². The van der Waals surface area contributed by atoms with Crippen LogP contribution in [0, 0.1) is 0 Å². The van der Waals surface area contributed by atoms with Crippen molar-refractivity contribution in [2.45, 2.75) is 13.3 Å². The fraction of sp³-hybridized carbons (Fsp3) is 0.200. The summed E-state index contributed by atoms with van der Waals surface area (Å²) in [5.74, 6) is 1.53. The molecule has 0 aliphatic heterocycles. The number of aromatic nitrogens is 4. The van der Waals surface area contributed by atoms with Gasteiger partial charge in [-0.3, -0.25) is 4.57 Å². The average molecular weight is 233 g/mol. The van der Waals surface area contributed by atoms with Crippen LogP contribution >= 0.6 is 12.2 Å². The highest BCUT2D eigenvalue weighted by molar-refractivity contribution is 7.80. The minimum absolute atomic E-state index is 0.235. The highest BCUT2D eigenvalue weighted by Gasteiger charge is 2.12. The Morgan fingerprint density at radius 3 is 2.75 bits per heavy atom. The summed E-state index contributed by atoms with van der Waals surface area (Å²) in [7, 11) is 0. The summed E-state index contributed by atoms with van der Waals surface area (Å²) in [6.45, 7) is 2.02. The zero-order valence-corrected chi connectivity index (χ0v) is 9.61. The maximum absolute atomic E-state index is 5.61. The van der Waals surface area contributed by atoms with Crippen LogP contribution in [0.3, 0.4) is 0 Å². The molecule has 0 saturated heterocycles. The van der Waals surface area contributed by atoms with Crippen molar-refractivity contribution in [1.82, 2.24) is 19.5 Å². The van der Waals surface area contributed by atoms with E-state index in [2.05, 4.69) is 15.0 Å². The van der Waals surface area contributed by atoms with Gasteiger partial charge in [0.05, 0.1) is 0 Å². The molecular formula is C10H11N5S. The summed E-state index contributed by atoms with van der Waals surface area (Å²) < 4.78 is 1.85. The zero-order valence-electron chi connectivity index (χ0n) is 8.79. The van der Waals surface area contributed by atoms with Gasteiger partial charge < -0.3 is 5.73 Å². The Hall–Kier alpha value is -1.82. The van der Waals surface area contributed by atoms with E-state index in [-0.39, 0.29) is 4.99 Å². The first kappa shape index (κ1) is 10.7. The van der Waals surface area contributed by atoms with Gasteiger partial charge in [-0.1, -0.05) is 19.1 Å². The van der Waals surface area contributed by atoms with Gasteiger partial charge in [0.1, 0.15) is 16.5 Å². The summed E-state index contributed by atoms with van der Waals surface area (Å²) in [6.07, 6.45) is 7.53. The van der Waals surface area contributed by atoms with Crippen LogP contribution in [0.5, 0.6) is 0 Å². The summed E-state index contributed by atoms with van der Waals surface area (Å²) in [6, 6.07) is 0. The number of thiocarbonyl (C=S) groups is 1. The molecule has 0 aliphatic rings. The number of nitrogens with two attached hydrogens (primary N) is 1. The molecule has 0 bridgehead atoms. The van der Waals surface area contributed by atoms with Gasteiger partial charge in [0.25, 0.3) is 0 Å². The molecule has 0 radical (unpaired) electrons. The Bertz CT molecular complexity index is 519. The molecule has 2 aromatic heterocycles. The lowest BCUT2D eigenvalue weighted by Gasteiger charge is -2.08. The van der Waals surface area contributed by atoms with E-state index in [1.54, 1.807) is 18.6 Å². The number of hydrogen-bond acceptors (Lipinski definition) is 4. The second-order valence-electron chi connectivity index (χ2n) is 3.16. The van der Waals surface area contributed by atoms with Crippen LogP contribution in [0.25, 0.3) is 5.82 Å². The Labute approximate surface area is 98.4 Å². The Morgan fingerprint density at radius 1 is 1.31 bits per heavy atom. The van der Waals surface area contributed by atoms with Gasteiger partial charge in [-0.2, -0.15) is 0 Å². The first-order valence-corrected chi connectivity index (χ1v) is 5.28. The highest BCUT2D eigenvalue weighted by atomic mass is 32.1. The van der Waals surface area contributed by atoms with Crippen LogP contribution in [-0.2, 0) is 6.42 Å². The predicted octanol–water partition coefficient (Wildman–Crippen LogP) is 0.859. The molecule has 2 N–H and O–H groups in total. The van der Waals surface area contributed by atoms with Crippen molar-refractivity contribution in [2.75, 3.05) is 0 Å². The van der Waals surface area contributed by atoms with Gasteiger partial charge in [-0.25, -0.2) is 15.0 Å². The minimum atomic E-state index is 0.235. The van der Waals surface area contributed by atoms with Crippen LogP contribution in [0.15, 0.2) is 24.8 Å². The lowest BCUT2D eigenvalue weighted by molar-refractivity contribution is 0.857. The molecule has 0 saturated carbocycles. The molecule has 0 spiro atoms. The van der Waals surface area contributed by atoms with Crippen LogP contribution in [0.1, 0.15) is 18.4 Å². The fourth-order valence-corrected chi connectivity index (χ4v) is 1.61. The van der Waals surface area contributed by atoms with Gasteiger partial charge in [0.2, 0.25) is 0 Å². The Morgan fingerprint density at radius 2 is 2.06 bits per heavy atom. The Balaban J connectivity index is 2.60. The molecule has 6 heteroatoms. The third-order valence-corrected chi connectivity index (χ3v) is 2.37. The van der Waals surface area contributed by atoms with Crippen molar-refractivity contribution in [3.63, 3.8) is 0 Å². The lowest BCUT2D eigenvalue weighted by Crippen LogP contribution is -2.17. The van der Waals surface area contributed by atoms with Gasteiger partial charge in [0, 0.05) is 31.2 Å². The van der Waals surface area contributed by atoms with Crippen molar-refractivity contribution >= 4 is 17.2 Å². The van der Waals surface area contributed by atoms with E-state index in [0.29, 0.717) is 11.5 Å². The van der Waals surface area contributed by atoms with E-state index >= 15 is 0 Å². The van der Waals surface area contributed by atoms with E-state index in [4.69, 9.17) is 18.0 Å². The number of hydrogen-bond donors (Lipinski definition) is 1. The third kappa shape index (κ3) is 1.79. The molecule has 16 heavy (non-hydrogen) atoms. The smallest absolute Gasteiger partial charge is 0.167 e. The largest absolute Gasteiger partial charge is 0.388 e. The van der Waals surface area contributed by atoms with Gasteiger partial charge in [-0.05, 0) is 0 Å². The fourth-order valence-electron chi connectivity index (χ4n) is 1.47. The topological polar surface area (TPSA) is 69.6 Å². The van der Waals surface area contributed by atoms with Crippen molar-refractivity contribution in [3.8, 4) is 5.82 Å². The molecule has 0 atom stereocenters. The van der Waals surface area contributed by atoms with Crippen molar-refractivity contribution in [3.05, 3.63) is 36.3 Å². The molecular weight excluding hydrogens is 222 g/mol. The van der Waals surface area contributed by atoms with Crippen molar-refractivity contribution in [2.24, 2.45) is 5.73 Å². The number of rotatable bonds is 3. The second kappa shape index (κ2) is 4.36. The molecule has 2 rings (SSSR count). The first-order valence-electron chi connectivity index (χ1n) is 4.87. The van der Waals surface area contributed by atoms with Crippen LogP contribution in [0.4, 0.5) is 0 Å². The standard InChI is InChI=1S/C10H11N5S/c1-2-7-12-5-6-15(7)10-8(9(11)16)13-3-4-14-10/h3-6H,2H2,1H3,(H2,11,16). The maximum atomic E-state index is 5.61. The number of aryl methyl sites for hydroxylation is 1. The molecule has 82 valence electrons. The zero-order chi connectivity index (χ0) is 11.5.